The molecule has 1 saturated carbocycles. The van der Waals surface area contributed by atoms with E-state index in [0.29, 0.717) is 11.8 Å². The highest BCUT2D eigenvalue weighted by molar-refractivity contribution is 5.95. The largest absolute Gasteiger partial charge is 0.326 e. The van der Waals surface area contributed by atoms with Crippen molar-refractivity contribution in [1.82, 2.24) is 0 Å². The van der Waals surface area contributed by atoms with Crippen LogP contribution in [0.3, 0.4) is 0 Å². The summed E-state index contributed by atoms with van der Waals surface area (Å²) in [5.74, 6) is 1.48. The van der Waals surface area contributed by atoms with E-state index in [2.05, 4.69) is 24.4 Å². The second-order valence-corrected chi connectivity index (χ2v) is 5.83. The van der Waals surface area contributed by atoms with Crippen LogP contribution in [-0.4, -0.2) is 5.91 Å². The molecule has 1 aromatic carbocycles. The fraction of sp³-hybridized carbons (Fsp3) is 0.471. The van der Waals surface area contributed by atoms with E-state index in [1.807, 2.05) is 24.3 Å². The van der Waals surface area contributed by atoms with Crippen molar-refractivity contribution >= 4 is 11.6 Å². The molecule has 1 N–H and O–H groups in total. The van der Waals surface area contributed by atoms with Crippen molar-refractivity contribution in [3.63, 3.8) is 0 Å². The summed E-state index contributed by atoms with van der Waals surface area (Å²) < 4.78 is 0. The molecule has 0 bridgehead atoms. The molecule has 0 heterocycles. The van der Waals surface area contributed by atoms with Crippen LogP contribution in [-0.2, 0) is 4.79 Å². The Morgan fingerprint density at radius 2 is 2.00 bits per heavy atom. The Morgan fingerprint density at radius 1 is 1.21 bits per heavy atom. The molecular formula is C17H21NO. The maximum Gasteiger partial charge on any atom is 0.228 e. The number of hydrogen-bond acceptors (Lipinski definition) is 1. The Hall–Kier alpha value is -1.57. The predicted octanol–water partition coefficient (Wildman–Crippen LogP) is 3.93. The summed E-state index contributed by atoms with van der Waals surface area (Å²) >= 11 is 0. The van der Waals surface area contributed by atoms with Gasteiger partial charge in [0.1, 0.15) is 0 Å². The van der Waals surface area contributed by atoms with E-state index in [1.165, 1.54) is 31.2 Å². The first-order chi connectivity index (χ1) is 9.25. The fourth-order valence-corrected chi connectivity index (χ4v) is 3.16. The zero-order valence-electron chi connectivity index (χ0n) is 11.4. The summed E-state index contributed by atoms with van der Waals surface area (Å²) in [5.41, 5.74) is 2.13. The highest BCUT2D eigenvalue weighted by Gasteiger charge is 2.52. The molecule has 0 unspecified atom stereocenters. The maximum absolute atomic E-state index is 12.3. The molecule has 0 aromatic heterocycles. The van der Waals surface area contributed by atoms with E-state index in [0.717, 1.165) is 5.69 Å². The predicted molar refractivity (Wildman–Crippen MR) is 77.9 cm³/mol. The minimum atomic E-state index is 0.199. The van der Waals surface area contributed by atoms with Crippen LogP contribution in [0.1, 0.15) is 31.2 Å². The molecule has 0 aliphatic heterocycles. The van der Waals surface area contributed by atoms with Gasteiger partial charge in [0.25, 0.3) is 0 Å². The average molecular weight is 255 g/mol. The van der Waals surface area contributed by atoms with Crippen LogP contribution in [0, 0.1) is 24.7 Å². The number of aryl methyl sites for hydroxylation is 1. The number of rotatable bonds is 2. The SMILES string of the molecule is Cc1ccc(NC(=O)[C@@H]2[C@@H]3/C=C/CCCC[C@@H]32)cc1. The van der Waals surface area contributed by atoms with Crippen molar-refractivity contribution in [2.45, 2.75) is 32.6 Å². The lowest BCUT2D eigenvalue weighted by molar-refractivity contribution is -0.117. The van der Waals surface area contributed by atoms with E-state index in [4.69, 9.17) is 0 Å². The number of carbonyl (C=O) groups is 1. The lowest BCUT2D eigenvalue weighted by Gasteiger charge is -2.05. The molecule has 0 saturated heterocycles. The molecular weight excluding hydrogens is 234 g/mol. The number of carbonyl (C=O) groups excluding carboxylic acids is 1. The first kappa shape index (κ1) is 12.5. The monoisotopic (exact) mass is 255 g/mol. The van der Waals surface area contributed by atoms with Gasteiger partial charge < -0.3 is 5.32 Å². The zero-order chi connectivity index (χ0) is 13.2. The average Bonchev–Trinajstić information content (AvgIpc) is 3.03. The third-order valence-electron chi connectivity index (χ3n) is 4.37. The Morgan fingerprint density at radius 3 is 2.79 bits per heavy atom. The quantitative estimate of drug-likeness (QED) is 0.797. The Kier molecular flexibility index (Phi) is 3.41. The van der Waals surface area contributed by atoms with E-state index in [9.17, 15) is 4.79 Å². The van der Waals surface area contributed by atoms with Crippen molar-refractivity contribution in [2.24, 2.45) is 17.8 Å². The molecule has 1 amide bonds. The van der Waals surface area contributed by atoms with Gasteiger partial charge in [-0.05, 0) is 50.2 Å². The van der Waals surface area contributed by atoms with Crippen LogP contribution < -0.4 is 5.32 Å². The lowest BCUT2D eigenvalue weighted by atomic mass is 10.1. The van der Waals surface area contributed by atoms with Crippen molar-refractivity contribution in [3.05, 3.63) is 42.0 Å². The molecule has 0 spiro atoms. The maximum atomic E-state index is 12.3. The number of benzene rings is 1. The molecule has 0 radical (unpaired) electrons. The summed E-state index contributed by atoms with van der Waals surface area (Å²) in [6, 6.07) is 8.03. The van der Waals surface area contributed by atoms with Gasteiger partial charge in [-0.1, -0.05) is 36.3 Å². The van der Waals surface area contributed by atoms with Crippen molar-refractivity contribution in [3.8, 4) is 0 Å². The van der Waals surface area contributed by atoms with Crippen molar-refractivity contribution < 1.29 is 4.79 Å². The van der Waals surface area contributed by atoms with Crippen LogP contribution in [0.25, 0.3) is 0 Å². The Labute approximate surface area is 114 Å². The van der Waals surface area contributed by atoms with E-state index in [-0.39, 0.29) is 11.8 Å². The first-order valence-corrected chi connectivity index (χ1v) is 7.30. The number of hydrogen-bond donors (Lipinski definition) is 1. The van der Waals surface area contributed by atoms with Crippen LogP contribution in [0.2, 0.25) is 0 Å². The topological polar surface area (TPSA) is 29.1 Å². The van der Waals surface area contributed by atoms with Crippen LogP contribution >= 0.6 is 0 Å². The third-order valence-corrected chi connectivity index (χ3v) is 4.37. The summed E-state index contributed by atoms with van der Waals surface area (Å²) in [7, 11) is 0. The number of fused-ring (bicyclic) bond motifs is 1. The number of nitrogens with one attached hydrogen (secondary N) is 1. The van der Waals surface area contributed by atoms with Gasteiger partial charge in [0.05, 0.1) is 0 Å². The van der Waals surface area contributed by atoms with Crippen molar-refractivity contribution in [1.29, 1.82) is 0 Å². The van der Waals surface area contributed by atoms with Gasteiger partial charge >= 0.3 is 0 Å². The lowest BCUT2D eigenvalue weighted by Crippen LogP contribution is -2.15. The molecule has 2 aliphatic rings. The number of anilines is 1. The van der Waals surface area contributed by atoms with E-state index in [1.54, 1.807) is 0 Å². The highest BCUT2D eigenvalue weighted by Crippen LogP contribution is 2.51. The number of amides is 1. The molecule has 3 atom stereocenters. The van der Waals surface area contributed by atoms with Gasteiger partial charge in [-0.15, -0.1) is 0 Å². The molecule has 1 fully saturated rings. The molecule has 100 valence electrons. The van der Waals surface area contributed by atoms with Gasteiger partial charge in [-0.3, -0.25) is 4.79 Å². The smallest absolute Gasteiger partial charge is 0.228 e. The molecule has 1 aromatic rings. The van der Waals surface area contributed by atoms with Crippen LogP contribution in [0.15, 0.2) is 36.4 Å². The normalized spacial score (nSPS) is 30.7. The van der Waals surface area contributed by atoms with E-state index >= 15 is 0 Å². The number of allylic oxidation sites excluding steroid dienone is 2. The fourth-order valence-electron chi connectivity index (χ4n) is 3.16. The van der Waals surface area contributed by atoms with Gasteiger partial charge in [-0.25, -0.2) is 0 Å². The minimum Gasteiger partial charge on any atom is -0.326 e. The second kappa shape index (κ2) is 5.20. The highest BCUT2D eigenvalue weighted by atomic mass is 16.2. The second-order valence-electron chi connectivity index (χ2n) is 5.83. The molecule has 2 aliphatic carbocycles. The summed E-state index contributed by atoms with van der Waals surface area (Å²) in [6.45, 7) is 2.05. The minimum absolute atomic E-state index is 0.199. The van der Waals surface area contributed by atoms with Gasteiger partial charge in [0, 0.05) is 11.6 Å². The third kappa shape index (κ3) is 2.73. The summed E-state index contributed by atoms with van der Waals surface area (Å²) in [6.07, 6.45) is 9.45. The Bertz CT molecular complexity index is 488. The molecule has 2 nitrogen and oxygen atoms in total. The molecule has 2 heteroatoms. The molecule has 3 rings (SSSR count). The van der Waals surface area contributed by atoms with Crippen molar-refractivity contribution in [2.75, 3.05) is 5.32 Å². The summed E-state index contributed by atoms with van der Waals surface area (Å²) in [4.78, 5) is 12.3. The zero-order valence-corrected chi connectivity index (χ0v) is 11.4. The van der Waals surface area contributed by atoms with Crippen LogP contribution in [0.5, 0.6) is 0 Å². The van der Waals surface area contributed by atoms with Gasteiger partial charge in [-0.2, -0.15) is 0 Å². The van der Waals surface area contributed by atoms with Gasteiger partial charge in [0.2, 0.25) is 5.91 Å². The van der Waals surface area contributed by atoms with E-state index < -0.39 is 0 Å². The summed E-state index contributed by atoms with van der Waals surface area (Å²) in [5, 5.41) is 3.06. The standard InChI is InChI=1S/C17H21NO/c1-12-8-10-13(11-9-12)18-17(19)16-14-6-4-2-3-5-7-15(14)16/h4,6,8-11,14-16H,2-3,5,7H2,1H3,(H,18,19)/b6-4+/t14-,15+,16-/m1/s1. The molecule has 19 heavy (non-hydrogen) atoms. The van der Waals surface area contributed by atoms with Crippen LogP contribution in [0.4, 0.5) is 5.69 Å². The van der Waals surface area contributed by atoms with Gasteiger partial charge in [0.15, 0.2) is 0 Å². The first-order valence-electron chi connectivity index (χ1n) is 7.30. The Balaban J connectivity index is 1.64.